The summed E-state index contributed by atoms with van der Waals surface area (Å²) in [5.41, 5.74) is 2.67. The van der Waals surface area contributed by atoms with Gasteiger partial charge in [-0.2, -0.15) is 0 Å². The summed E-state index contributed by atoms with van der Waals surface area (Å²) in [5.74, 6) is 0. The highest BCUT2D eigenvalue weighted by Gasteiger charge is 2.24. The fourth-order valence-electron chi connectivity index (χ4n) is 3.30. The normalized spacial score (nSPS) is 15.2. The monoisotopic (exact) mass is 329 g/mol. The van der Waals surface area contributed by atoms with Crippen molar-refractivity contribution in [2.75, 3.05) is 6.61 Å². The molecule has 0 saturated carbocycles. The van der Waals surface area contributed by atoms with E-state index in [1.54, 1.807) is 0 Å². The highest BCUT2D eigenvalue weighted by atomic mass is 16.3. The maximum absolute atomic E-state index is 9.58. The maximum atomic E-state index is 9.58. The Balaban J connectivity index is 3.07. The third-order valence-corrected chi connectivity index (χ3v) is 4.70. The minimum absolute atomic E-state index is 0.251. The fourth-order valence-corrected chi connectivity index (χ4v) is 3.30. The minimum atomic E-state index is 0.251. The molecule has 134 valence electrons. The largest absolute Gasteiger partial charge is 0.396 e. The Morgan fingerprint density at radius 3 is 2.42 bits per heavy atom. The van der Waals surface area contributed by atoms with Crippen LogP contribution < -0.4 is 0 Å². The predicted octanol–water partition coefficient (Wildman–Crippen LogP) is 5.34. The maximum Gasteiger partial charge on any atom is 0.0445 e. The Labute approximate surface area is 148 Å². The Kier molecular flexibility index (Phi) is 10.4. The zero-order chi connectivity index (χ0) is 17.8. The summed E-state index contributed by atoms with van der Waals surface area (Å²) in [6.07, 6.45) is 10.9. The van der Waals surface area contributed by atoms with Crippen LogP contribution in [0.4, 0.5) is 0 Å². The second-order valence-corrected chi connectivity index (χ2v) is 6.43. The highest BCUT2D eigenvalue weighted by molar-refractivity contribution is 5.24. The SMILES string of the molecule is C/C=C\C(=C/C)[C@H](C)N(Cc1ccccc1)[C@H](CCO)CCCC. The summed E-state index contributed by atoms with van der Waals surface area (Å²) >= 11 is 0. The molecule has 0 bridgehead atoms. The van der Waals surface area contributed by atoms with Crippen LogP contribution in [0.25, 0.3) is 0 Å². The van der Waals surface area contributed by atoms with Crippen LogP contribution in [0, 0.1) is 0 Å². The van der Waals surface area contributed by atoms with Crippen molar-refractivity contribution in [3.8, 4) is 0 Å². The van der Waals surface area contributed by atoms with Gasteiger partial charge < -0.3 is 5.11 Å². The summed E-state index contributed by atoms with van der Waals surface area (Å²) in [7, 11) is 0. The van der Waals surface area contributed by atoms with Gasteiger partial charge in [-0.3, -0.25) is 4.90 Å². The van der Waals surface area contributed by atoms with Crippen LogP contribution in [0.15, 0.2) is 54.1 Å². The molecule has 2 atom stereocenters. The van der Waals surface area contributed by atoms with Crippen molar-refractivity contribution in [1.29, 1.82) is 0 Å². The molecule has 1 aromatic carbocycles. The molecule has 0 heterocycles. The number of aliphatic hydroxyl groups is 1. The lowest BCUT2D eigenvalue weighted by Crippen LogP contribution is -2.42. The van der Waals surface area contributed by atoms with Crippen LogP contribution in [-0.4, -0.2) is 28.7 Å². The molecule has 1 N–H and O–H groups in total. The molecule has 0 aliphatic carbocycles. The van der Waals surface area contributed by atoms with Gasteiger partial charge in [0, 0.05) is 25.2 Å². The van der Waals surface area contributed by atoms with E-state index >= 15 is 0 Å². The van der Waals surface area contributed by atoms with Crippen molar-refractivity contribution < 1.29 is 5.11 Å². The number of benzene rings is 1. The van der Waals surface area contributed by atoms with E-state index in [4.69, 9.17) is 0 Å². The fraction of sp³-hybridized carbons (Fsp3) is 0.545. The average Bonchev–Trinajstić information content (AvgIpc) is 2.61. The molecule has 0 aromatic heterocycles. The molecule has 0 radical (unpaired) electrons. The third-order valence-electron chi connectivity index (χ3n) is 4.70. The molecule has 0 aliphatic heterocycles. The van der Waals surface area contributed by atoms with Gasteiger partial charge in [-0.15, -0.1) is 0 Å². The molecule has 1 aromatic rings. The van der Waals surface area contributed by atoms with E-state index in [1.165, 1.54) is 24.0 Å². The quantitative estimate of drug-likeness (QED) is 0.554. The molecule has 0 fully saturated rings. The summed E-state index contributed by atoms with van der Waals surface area (Å²) in [6.45, 7) is 9.87. The molecule has 0 amide bonds. The van der Waals surface area contributed by atoms with Crippen molar-refractivity contribution in [2.45, 2.75) is 72.0 Å². The van der Waals surface area contributed by atoms with Gasteiger partial charge in [-0.25, -0.2) is 0 Å². The molecule has 2 heteroatoms. The van der Waals surface area contributed by atoms with E-state index in [9.17, 15) is 5.11 Å². The first kappa shape index (κ1) is 20.7. The summed E-state index contributed by atoms with van der Waals surface area (Å²) < 4.78 is 0. The molecular weight excluding hydrogens is 294 g/mol. The molecule has 0 spiro atoms. The van der Waals surface area contributed by atoms with Crippen LogP contribution in [0.1, 0.15) is 58.9 Å². The zero-order valence-corrected chi connectivity index (χ0v) is 15.9. The lowest BCUT2D eigenvalue weighted by molar-refractivity contribution is 0.116. The molecule has 0 unspecified atom stereocenters. The van der Waals surface area contributed by atoms with Crippen LogP contribution in [-0.2, 0) is 6.54 Å². The smallest absolute Gasteiger partial charge is 0.0445 e. The van der Waals surface area contributed by atoms with Crippen LogP contribution in [0.5, 0.6) is 0 Å². The van der Waals surface area contributed by atoms with Crippen LogP contribution in [0.2, 0.25) is 0 Å². The van der Waals surface area contributed by atoms with E-state index in [0.29, 0.717) is 12.1 Å². The molecular formula is C22H35NO. The first-order valence-corrected chi connectivity index (χ1v) is 9.37. The zero-order valence-electron chi connectivity index (χ0n) is 15.9. The number of hydrogen-bond donors (Lipinski definition) is 1. The summed E-state index contributed by atoms with van der Waals surface area (Å²) in [5, 5.41) is 9.58. The highest BCUT2D eigenvalue weighted by Crippen LogP contribution is 2.23. The van der Waals surface area contributed by atoms with Crippen LogP contribution >= 0.6 is 0 Å². The van der Waals surface area contributed by atoms with E-state index in [2.05, 4.69) is 81.2 Å². The van der Waals surface area contributed by atoms with E-state index < -0.39 is 0 Å². The van der Waals surface area contributed by atoms with Gasteiger partial charge in [0.1, 0.15) is 0 Å². The first-order chi connectivity index (χ1) is 11.7. The Morgan fingerprint density at radius 2 is 1.88 bits per heavy atom. The van der Waals surface area contributed by atoms with Gasteiger partial charge in [0.2, 0.25) is 0 Å². The average molecular weight is 330 g/mol. The molecule has 0 aliphatic rings. The van der Waals surface area contributed by atoms with Crippen molar-refractivity contribution in [3.63, 3.8) is 0 Å². The van der Waals surface area contributed by atoms with Gasteiger partial charge in [-0.05, 0) is 44.7 Å². The second-order valence-electron chi connectivity index (χ2n) is 6.43. The lowest BCUT2D eigenvalue weighted by Gasteiger charge is -2.37. The van der Waals surface area contributed by atoms with Crippen LogP contribution in [0.3, 0.4) is 0 Å². The predicted molar refractivity (Wildman–Crippen MR) is 105 cm³/mol. The van der Waals surface area contributed by atoms with Crippen molar-refractivity contribution >= 4 is 0 Å². The van der Waals surface area contributed by atoms with Gasteiger partial charge in [0.25, 0.3) is 0 Å². The Morgan fingerprint density at radius 1 is 1.17 bits per heavy atom. The molecule has 24 heavy (non-hydrogen) atoms. The van der Waals surface area contributed by atoms with E-state index in [0.717, 1.165) is 19.4 Å². The number of aliphatic hydroxyl groups excluding tert-OH is 1. The number of hydrogen-bond acceptors (Lipinski definition) is 2. The van der Waals surface area contributed by atoms with Gasteiger partial charge in [0.05, 0.1) is 0 Å². The summed E-state index contributed by atoms with van der Waals surface area (Å²) in [6, 6.07) is 11.4. The summed E-state index contributed by atoms with van der Waals surface area (Å²) in [4.78, 5) is 2.57. The number of nitrogens with zero attached hydrogens (tertiary/aromatic N) is 1. The Bertz CT molecular complexity index is 492. The number of allylic oxidation sites excluding steroid dienone is 2. The number of unbranched alkanes of at least 4 members (excludes halogenated alkanes) is 1. The minimum Gasteiger partial charge on any atom is -0.396 e. The Hall–Kier alpha value is -1.38. The van der Waals surface area contributed by atoms with Crippen molar-refractivity contribution in [1.82, 2.24) is 4.90 Å². The molecule has 1 rings (SSSR count). The van der Waals surface area contributed by atoms with Gasteiger partial charge in [0.15, 0.2) is 0 Å². The second kappa shape index (κ2) is 12.0. The van der Waals surface area contributed by atoms with E-state index in [-0.39, 0.29) is 6.61 Å². The van der Waals surface area contributed by atoms with E-state index in [1.807, 2.05) is 0 Å². The standard InChI is InChI=1S/C22H35NO/c1-5-8-15-22(16-17-24)23(18-20-13-10-9-11-14-20)19(4)21(7-3)12-6-2/h6-7,9-14,19,22,24H,5,8,15-18H2,1-4H3/b12-6-,21-7+/t19-,22-/m0/s1. The first-order valence-electron chi connectivity index (χ1n) is 9.37. The van der Waals surface area contributed by atoms with Gasteiger partial charge >= 0.3 is 0 Å². The molecule has 2 nitrogen and oxygen atoms in total. The lowest BCUT2D eigenvalue weighted by atomic mass is 9.98. The number of rotatable bonds is 11. The molecule has 0 saturated heterocycles. The van der Waals surface area contributed by atoms with Crippen molar-refractivity contribution in [2.24, 2.45) is 0 Å². The van der Waals surface area contributed by atoms with Gasteiger partial charge in [-0.1, -0.05) is 68.3 Å². The topological polar surface area (TPSA) is 23.5 Å². The van der Waals surface area contributed by atoms with Crippen molar-refractivity contribution in [3.05, 3.63) is 59.7 Å². The third kappa shape index (κ3) is 6.62.